The first kappa shape index (κ1) is 19.8. The molecule has 0 amide bonds. The number of hydrogen-bond acceptors (Lipinski definition) is 2. The Bertz CT molecular complexity index is 819. The molecule has 1 aliphatic carbocycles. The molecule has 1 atom stereocenters. The third-order valence-corrected chi connectivity index (χ3v) is 6.50. The molecule has 0 saturated heterocycles. The summed E-state index contributed by atoms with van der Waals surface area (Å²) in [6.07, 6.45) is 3.38. The molecule has 2 aromatic rings. The Balaban J connectivity index is 2.35. The number of phenols is 2. The van der Waals surface area contributed by atoms with E-state index in [4.69, 9.17) is 0 Å². The van der Waals surface area contributed by atoms with Crippen LogP contribution in [0.4, 0.5) is 0 Å². The average molecular weight is 367 g/mol. The van der Waals surface area contributed by atoms with Crippen molar-refractivity contribution >= 4 is 0 Å². The van der Waals surface area contributed by atoms with E-state index in [0.29, 0.717) is 17.4 Å². The third-order valence-electron chi connectivity index (χ3n) is 6.50. The van der Waals surface area contributed by atoms with Crippen LogP contribution in [0.15, 0.2) is 24.3 Å². The van der Waals surface area contributed by atoms with E-state index in [1.165, 1.54) is 17.5 Å². The van der Waals surface area contributed by atoms with E-state index < -0.39 is 0 Å². The van der Waals surface area contributed by atoms with Gasteiger partial charge in [0.2, 0.25) is 0 Å². The molecule has 0 aliphatic heterocycles. The van der Waals surface area contributed by atoms with E-state index in [9.17, 15) is 10.2 Å². The Morgan fingerprint density at radius 3 is 1.59 bits per heavy atom. The summed E-state index contributed by atoms with van der Waals surface area (Å²) in [7, 11) is 0. The van der Waals surface area contributed by atoms with E-state index in [0.717, 1.165) is 35.1 Å². The maximum Gasteiger partial charge on any atom is 0.118 e. The van der Waals surface area contributed by atoms with Crippen LogP contribution in [0.2, 0.25) is 0 Å². The summed E-state index contributed by atoms with van der Waals surface area (Å²) in [5.74, 6) is 1.34. The minimum atomic E-state index is -0.105. The van der Waals surface area contributed by atoms with Gasteiger partial charge in [0.05, 0.1) is 0 Å². The second-order valence-corrected chi connectivity index (χ2v) is 9.84. The van der Waals surface area contributed by atoms with Crippen LogP contribution in [0.1, 0.15) is 73.4 Å². The molecule has 2 aromatic carbocycles. The highest BCUT2D eigenvalue weighted by Gasteiger charge is 2.46. The van der Waals surface area contributed by atoms with E-state index in [2.05, 4.69) is 46.8 Å². The Labute approximate surface area is 164 Å². The fraction of sp³-hybridized carbons (Fsp3) is 0.520. The predicted octanol–water partition coefficient (Wildman–Crippen LogP) is 6.46. The summed E-state index contributed by atoms with van der Waals surface area (Å²) in [6.45, 7) is 15.3. The van der Waals surface area contributed by atoms with Gasteiger partial charge in [-0.2, -0.15) is 0 Å². The Kier molecular flexibility index (Phi) is 4.82. The molecule has 0 heterocycles. The van der Waals surface area contributed by atoms with Gasteiger partial charge < -0.3 is 10.2 Å². The van der Waals surface area contributed by atoms with Gasteiger partial charge in [0.1, 0.15) is 11.5 Å². The number of aryl methyl sites for hydroxylation is 4. The van der Waals surface area contributed by atoms with Gasteiger partial charge in [0.15, 0.2) is 0 Å². The topological polar surface area (TPSA) is 40.5 Å². The predicted molar refractivity (Wildman–Crippen MR) is 113 cm³/mol. The van der Waals surface area contributed by atoms with Gasteiger partial charge >= 0.3 is 0 Å². The van der Waals surface area contributed by atoms with Crippen LogP contribution in [0, 0.1) is 39.0 Å². The van der Waals surface area contributed by atoms with Crippen molar-refractivity contribution in [2.45, 2.75) is 73.1 Å². The first-order valence-electron chi connectivity index (χ1n) is 10.1. The first-order chi connectivity index (χ1) is 12.4. The summed E-state index contributed by atoms with van der Waals surface area (Å²) in [6, 6.07) is 8.23. The highest BCUT2D eigenvalue weighted by Crippen LogP contribution is 2.55. The summed E-state index contributed by atoms with van der Waals surface area (Å²) < 4.78 is 0. The summed E-state index contributed by atoms with van der Waals surface area (Å²) >= 11 is 0. The van der Waals surface area contributed by atoms with Crippen molar-refractivity contribution in [1.29, 1.82) is 0 Å². The van der Waals surface area contributed by atoms with Crippen molar-refractivity contribution in [2.75, 3.05) is 0 Å². The minimum absolute atomic E-state index is 0.105. The number of benzene rings is 2. The number of hydrogen-bond donors (Lipinski definition) is 2. The minimum Gasteiger partial charge on any atom is -0.508 e. The van der Waals surface area contributed by atoms with E-state index in [-0.39, 0.29) is 10.8 Å². The Morgan fingerprint density at radius 2 is 1.19 bits per heavy atom. The smallest absolute Gasteiger partial charge is 0.118 e. The highest BCUT2D eigenvalue weighted by atomic mass is 16.3. The molecule has 0 bridgehead atoms. The Hall–Kier alpha value is -1.96. The summed E-state index contributed by atoms with van der Waals surface area (Å²) in [4.78, 5) is 0. The molecule has 1 fully saturated rings. The highest BCUT2D eigenvalue weighted by molar-refractivity contribution is 5.54. The van der Waals surface area contributed by atoms with Crippen LogP contribution in [-0.2, 0) is 5.41 Å². The summed E-state index contributed by atoms with van der Waals surface area (Å²) in [5.41, 5.74) is 6.93. The molecule has 27 heavy (non-hydrogen) atoms. The molecule has 0 aromatic heterocycles. The van der Waals surface area contributed by atoms with Crippen molar-refractivity contribution < 1.29 is 10.2 Å². The van der Waals surface area contributed by atoms with Gasteiger partial charge in [-0.25, -0.2) is 0 Å². The lowest BCUT2D eigenvalue weighted by Gasteiger charge is -2.50. The normalized spacial score (nSPS) is 21.2. The average Bonchev–Trinajstić information content (AvgIpc) is 2.52. The van der Waals surface area contributed by atoms with Gasteiger partial charge in [-0.15, -0.1) is 0 Å². The molecule has 2 heteroatoms. The molecular formula is C25H34O2. The number of aromatic hydroxyl groups is 2. The first-order valence-corrected chi connectivity index (χ1v) is 10.1. The molecular weight excluding hydrogens is 332 g/mol. The monoisotopic (exact) mass is 366 g/mol. The largest absolute Gasteiger partial charge is 0.508 e. The second kappa shape index (κ2) is 6.58. The number of rotatable bonds is 2. The lowest BCUT2D eigenvalue weighted by Crippen LogP contribution is -2.42. The van der Waals surface area contributed by atoms with Crippen LogP contribution < -0.4 is 0 Å². The van der Waals surface area contributed by atoms with E-state index in [1.54, 1.807) is 0 Å². The van der Waals surface area contributed by atoms with Gasteiger partial charge in [-0.05, 0) is 104 Å². The van der Waals surface area contributed by atoms with Crippen LogP contribution >= 0.6 is 0 Å². The Morgan fingerprint density at radius 1 is 0.741 bits per heavy atom. The maximum absolute atomic E-state index is 10.2. The van der Waals surface area contributed by atoms with E-state index >= 15 is 0 Å². The molecule has 1 unspecified atom stereocenters. The molecule has 2 nitrogen and oxygen atoms in total. The molecule has 146 valence electrons. The van der Waals surface area contributed by atoms with Gasteiger partial charge in [0, 0.05) is 5.41 Å². The lowest BCUT2D eigenvalue weighted by atomic mass is 9.54. The zero-order valence-electron chi connectivity index (χ0n) is 17.9. The number of phenolic OH excluding ortho intramolecular Hbond substituents is 2. The van der Waals surface area contributed by atoms with Gasteiger partial charge in [-0.3, -0.25) is 0 Å². The van der Waals surface area contributed by atoms with Crippen LogP contribution in [0.25, 0.3) is 0 Å². The van der Waals surface area contributed by atoms with Crippen molar-refractivity contribution in [2.24, 2.45) is 11.3 Å². The van der Waals surface area contributed by atoms with Crippen molar-refractivity contribution in [3.8, 4) is 11.5 Å². The third kappa shape index (κ3) is 3.47. The molecule has 1 saturated carbocycles. The zero-order valence-corrected chi connectivity index (χ0v) is 17.9. The quantitative estimate of drug-likeness (QED) is 0.640. The molecule has 0 radical (unpaired) electrons. The fourth-order valence-electron chi connectivity index (χ4n) is 5.76. The zero-order chi connectivity index (χ0) is 20.1. The fourth-order valence-corrected chi connectivity index (χ4v) is 5.76. The summed E-state index contributed by atoms with van der Waals surface area (Å²) in [5, 5.41) is 20.5. The van der Waals surface area contributed by atoms with Gasteiger partial charge in [0.25, 0.3) is 0 Å². The maximum atomic E-state index is 10.2. The van der Waals surface area contributed by atoms with Crippen LogP contribution in [0.5, 0.6) is 11.5 Å². The SMILES string of the molecule is Cc1cc(C2(c3cc(C)c(O)cc3C)CC(C)CC(C)(C)C2)c(C)cc1O. The van der Waals surface area contributed by atoms with Gasteiger partial charge in [-0.1, -0.05) is 32.9 Å². The standard InChI is InChI=1S/C25H34O2/c1-15-12-24(6,7)14-25(13-15,20-8-18(4)22(26)10-16(20)2)21-9-19(5)23(27)11-17(21)3/h8-11,15,26-27H,12-14H2,1-7H3. The van der Waals surface area contributed by atoms with E-state index in [1.807, 2.05) is 26.0 Å². The molecule has 2 N–H and O–H groups in total. The lowest BCUT2D eigenvalue weighted by molar-refractivity contribution is 0.126. The molecule has 0 spiro atoms. The van der Waals surface area contributed by atoms with Crippen molar-refractivity contribution in [3.63, 3.8) is 0 Å². The molecule has 1 aliphatic rings. The van der Waals surface area contributed by atoms with Crippen molar-refractivity contribution in [3.05, 3.63) is 57.6 Å². The van der Waals surface area contributed by atoms with Crippen LogP contribution in [-0.4, -0.2) is 10.2 Å². The van der Waals surface area contributed by atoms with Crippen LogP contribution in [0.3, 0.4) is 0 Å². The second-order valence-electron chi connectivity index (χ2n) is 9.84. The van der Waals surface area contributed by atoms with Crippen molar-refractivity contribution in [1.82, 2.24) is 0 Å². The molecule has 3 rings (SSSR count).